The molecule has 3 amide bonds. The number of benzene rings is 1. The fourth-order valence-corrected chi connectivity index (χ4v) is 4.34. The molecule has 1 aromatic heterocycles. The monoisotopic (exact) mass is 413 g/mol. The van der Waals surface area contributed by atoms with Crippen molar-refractivity contribution in [2.24, 2.45) is 0 Å². The van der Waals surface area contributed by atoms with E-state index < -0.39 is 0 Å². The van der Waals surface area contributed by atoms with E-state index in [4.69, 9.17) is 0 Å². The van der Waals surface area contributed by atoms with Crippen molar-refractivity contribution >= 4 is 29.1 Å². The minimum atomic E-state index is -0.304. The van der Waals surface area contributed by atoms with Crippen molar-refractivity contribution in [1.82, 2.24) is 15.1 Å². The van der Waals surface area contributed by atoms with Gasteiger partial charge in [0.2, 0.25) is 17.7 Å². The van der Waals surface area contributed by atoms with E-state index in [9.17, 15) is 14.4 Å². The summed E-state index contributed by atoms with van der Waals surface area (Å²) in [4.78, 5) is 41.2. The molecule has 154 valence electrons. The number of hydrogen-bond acceptors (Lipinski definition) is 4. The summed E-state index contributed by atoms with van der Waals surface area (Å²) in [6, 6.07) is 11.3. The van der Waals surface area contributed by atoms with Crippen molar-refractivity contribution in [2.45, 2.75) is 32.2 Å². The van der Waals surface area contributed by atoms with Gasteiger partial charge in [-0.15, -0.1) is 0 Å². The highest BCUT2D eigenvalue weighted by Gasteiger charge is 2.26. The molecule has 0 aliphatic carbocycles. The van der Waals surface area contributed by atoms with E-state index in [-0.39, 0.29) is 30.2 Å². The van der Waals surface area contributed by atoms with Crippen LogP contribution in [0.4, 0.5) is 0 Å². The maximum absolute atomic E-state index is 12.7. The van der Waals surface area contributed by atoms with Crippen molar-refractivity contribution in [1.29, 1.82) is 0 Å². The quantitative estimate of drug-likeness (QED) is 0.841. The van der Waals surface area contributed by atoms with Crippen LogP contribution in [0.3, 0.4) is 0 Å². The molecule has 1 atom stereocenters. The number of nitrogens with zero attached hydrogens (tertiary/aromatic N) is 2. The SMILES string of the molecule is CC(=O)N1CCCN(C(=O)Cc2ccsc2)CCNC(=O)CC1c1ccccc1. The van der Waals surface area contributed by atoms with Crippen LogP contribution in [0.2, 0.25) is 0 Å². The Morgan fingerprint density at radius 2 is 1.93 bits per heavy atom. The molecule has 1 aliphatic rings. The third-order valence-corrected chi connectivity index (χ3v) is 5.89. The third kappa shape index (κ3) is 5.90. The van der Waals surface area contributed by atoms with Crippen molar-refractivity contribution in [3.05, 3.63) is 58.3 Å². The van der Waals surface area contributed by atoms with Crippen LogP contribution < -0.4 is 5.32 Å². The Bertz CT molecular complexity index is 823. The predicted octanol–water partition coefficient (Wildman–Crippen LogP) is 2.62. The average molecular weight is 414 g/mol. The Kier molecular flexibility index (Phi) is 7.41. The van der Waals surface area contributed by atoms with Gasteiger partial charge >= 0.3 is 0 Å². The zero-order valence-electron chi connectivity index (χ0n) is 16.7. The van der Waals surface area contributed by atoms with Gasteiger partial charge in [0, 0.05) is 33.1 Å². The van der Waals surface area contributed by atoms with Crippen LogP contribution in [0.5, 0.6) is 0 Å². The molecular weight excluding hydrogens is 386 g/mol. The molecule has 0 saturated carbocycles. The summed E-state index contributed by atoms with van der Waals surface area (Å²) < 4.78 is 0. The van der Waals surface area contributed by atoms with Gasteiger partial charge in [0.25, 0.3) is 0 Å². The normalized spacial score (nSPS) is 18.7. The summed E-state index contributed by atoms with van der Waals surface area (Å²) in [6.07, 6.45) is 1.25. The summed E-state index contributed by atoms with van der Waals surface area (Å²) >= 11 is 1.57. The number of carbonyl (C=O) groups excluding carboxylic acids is 3. The van der Waals surface area contributed by atoms with E-state index in [1.807, 2.05) is 47.2 Å². The number of rotatable bonds is 3. The highest BCUT2D eigenvalue weighted by molar-refractivity contribution is 7.08. The second kappa shape index (κ2) is 10.2. The molecule has 29 heavy (non-hydrogen) atoms. The zero-order chi connectivity index (χ0) is 20.6. The lowest BCUT2D eigenvalue weighted by Crippen LogP contribution is -2.39. The van der Waals surface area contributed by atoms with Crippen LogP contribution in [0.1, 0.15) is 36.9 Å². The van der Waals surface area contributed by atoms with E-state index in [2.05, 4.69) is 5.32 Å². The lowest BCUT2D eigenvalue weighted by Gasteiger charge is -2.31. The van der Waals surface area contributed by atoms with Crippen molar-refractivity contribution in [3.8, 4) is 0 Å². The molecule has 1 aliphatic heterocycles. The molecule has 0 bridgehead atoms. The van der Waals surface area contributed by atoms with Gasteiger partial charge in [0.1, 0.15) is 0 Å². The molecular formula is C22H27N3O3S. The summed E-state index contributed by atoms with van der Waals surface area (Å²) in [7, 11) is 0. The Morgan fingerprint density at radius 3 is 2.62 bits per heavy atom. The summed E-state index contributed by atoms with van der Waals surface area (Å²) in [5.74, 6) is -0.134. The number of hydrogen-bond donors (Lipinski definition) is 1. The molecule has 1 fully saturated rings. The van der Waals surface area contributed by atoms with Gasteiger partial charge in [-0.2, -0.15) is 11.3 Å². The van der Waals surface area contributed by atoms with Crippen LogP contribution in [0.15, 0.2) is 47.2 Å². The van der Waals surface area contributed by atoms with Crippen molar-refractivity contribution in [2.75, 3.05) is 26.2 Å². The summed E-state index contributed by atoms with van der Waals surface area (Å²) in [6.45, 7) is 3.49. The largest absolute Gasteiger partial charge is 0.354 e. The lowest BCUT2D eigenvalue weighted by atomic mass is 10.0. The number of nitrogens with one attached hydrogen (secondary N) is 1. The van der Waals surface area contributed by atoms with E-state index in [1.165, 1.54) is 6.92 Å². The van der Waals surface area contributed by atoms with E-state index in [0.29, 0.717) is 39.0 Å². The maximum Gasteiger partial charge on any atom is 0.227 e. The maximum atomic E-state index is 12.7. The minimum absolute atomic E-state index is 0.0471. The fraction of sp³-hybridized carbons (Fsp3) is 0.409. The number of thiophene rings is 1. The highest BCUT2D eigenvalue weighted by Crippen LogP contribution is 2.25. The van der Waals surface area contributed by atoms with Gasteiger partial charge in [-0.05, 0) is 34.4 Å². The number of amides is 3. The Labute approximate surface area is 175 Å². The molecule has 0 radical (unpaired) electrons. The van der Waals surface area contributed by atoms with Crippen LogP contribution >= 0.6 is 11.3 Å². The first-order valence-electron chi connectivity index (χ1n) is 9.92. The molecule has 2 heterocycles. The van der Waals surface area contributed by atoms with Crippen LogP contribution in [0.25, 0.3) is 0 Å². The first kappa shape index (κ1) is 21.0. The molecule has 2 aromatic rings. The van der Waals surface area contributed by atoms with E-state index in [1.54, 1.807) is 21.1 Å². The fourth-order valence-electron chi connectivity index (χ4n) is 3.67. The van der Waals surface area contributed by atoms with Gasteiger partial charge in [0.05, 0.1) is 18.9 Å². The van der Waals surface area contributed by atoms with Crippen molar-refractivity contribution < 1.29 is 14.4 Å². The second-order valence-electron chi connectivity index (χ2n) is 7.24. The van der Waals surface area contributed by atoms with Gasteiger partial charge < -0.3 is 15.1 Å². The molecule has 1 unspecified atom stereocenters. The van der Waals surface area contributed by atoms with Gasteiger partial charge in [-0.1, -0.05) is 30.3 Å². The Morgan fingerprint density at radius 1 is 1.14 bits per heavy atom. The smallest absolute Gasteiger partial charge is 0.227 e. The Balaban J connectivity index is 1.75. The topological polar surface area (TPSA) is 69.7 Å². The Hall–Kier alpha value is -2.67. The lowest BCUT2D eigenvalue weighted by molar-refractivity contribution is -0.132. The van der Waals surface area contributed by atoms with Gasteiger partial charge in [-0.25, -0.2) is 0 Å². The van der Waals surface area contributed by atoms with Crippen LogP contribution in [-0.2, 0) is 20.8 Å². The predicted molar refractivity (Wildman–Crippen MR) is 113 cm³/mol. The van der Waals surface area contributed by atoms with Crippen molar-refractivity contribution in [3.63, 3.8) is 0 Å². The van der Waals surface area contributed by atoms with Crippen LogP contribution in [-0.4, -0.2) is 53.7 Å². The molecule has 1 aromatic carbocycles. The summed E-state index contributed by atoms with van der Waals surface area (Å²) in [5, 5.41) is 6.86. The molecule has 1 saturated heterocycles. The van der Waals surface area contributed by atoms with Crippen LogP contribution in [0, 0.1) is 0 Å². The van der Waals surface area contributed by atoms with Gasteiger partial charge in [0.15, 0.2) is 0 Å². The molecule has 7 heteroatoms. The molecule has 0 spiro atoms. The standard InChI is InChI=1S/C22H27N3O3S/c1-17(26)25-11-5-10-24(22(28)14-18-8-13-29-16-18)12-9-23-21(27)15-20(25)19-6-3-2-4-7-19/h2-4,6-8,13,16,20H,5,9-12,14-15H2,1H3,(H,23,27). The van der Waals surface area contributed by atoms with E-state index in [0.717, 1.165) is 11.1 Å². The number of carbonyl (C=O) groups is 3. The average Bonchev–Trinajstić information content (AvgIpc) is 3.20. The molecule has 3 rings (SSSR count). The third-order valence-electron chi connectivity index (χ3n) is 5.16. The highest BCUT2D eigenvalue weighted by atomic mass is 32.1. The first-order chi connectivity index (χ1) is 14.0. The van der Waals surface area contributed by atoms with E-state index >= 15 is 0 Å². The second-order valence-corrected chi connectivity index (χ2v) is 8.02. The molecule has 6 nitrogen and oxygen atoms in total. The summed E-state index contributed by atoms with van der Waals surface area (Å²) in [5.41, 5.74) is 1.95. The first-order valence-corrected chi connectivity index (χ1v) is 10.9. The molecule has 1 N–H and O–H groups in total. The zero-order valence-corrected chi connectivity index (χ0v) is 17.5. The van der Waals surface area contributed by atoms with Gasteiger partial charge in [-0.3, -0.25) is 14.4 Å². The minimum Gasteiger partial charge on any atom is -0.354 e.